The van der Waals surface area contributed by atoms with Crippen molar-refractivity contribution in [1.82, 2.24) is 9.88 Å². The Morgan fingerprint density at radius 1 is 1.46 bits per heavy atom. The predicted octanol–water partition coefficient (Wildman–Crippen LogP) is 3.01. The van der Waals surface area contributed by atoms with E-state index in [0.29, 0.717) is 0 Å². The quantitative estimate of drug-likeness (QED) is 0.845. The number of likely N-dealkylation sites (tertiary alicyclic amines) is 1. The van der Waals surface area contributed by atoms with Gasteiger partial charge >= 0.3 is 0 Å². The molecule has 2 heterocycles. The monoisotopic (exact) mass is 344 g/mol. The molecule has 2 aromatic rings. The van der Waals surface area contributed by atoms with Crippen LogP contribution in [0.3, 0.4) is 0 Å². The number of hydrogen-bond acceptors (Lipinski definition) is 5. The van der Waals surface area contributed by atoms with E-state index in [2.05, 4.69) is 46.4 Å². The minimum absolute atomic E-state index is 0.0494. The number of anilines is 1. The summed E-state index contributed by atoms with van der Waals surface area (Å²) >= 11 is 1.67. The highest BCUT2D eigenvalue weighted by Crippen LogP contribution is 2.23. The van der Waals surface area contributed by atoms with Crippen molar-refractivity contribution < 1.29 is 4.79 Å². The number of carbonyl (C=O) groups excluding carboxylic acids is 1. The Morgan fingerprint density at radius 3 is 2.92 bits per heavy atom. The summed E-state index contributed by atoms with van der Waals surface area (Å²) in [5, 5.41) is 6.60. The maximum atomic E-state index is 11.3. The largest absolute Gasteiger partial charge is 0.376 e. The van der Waals surface area contributed by atoms with Crippen LogP contribution in [0.15, 0.2) is 35.8 Å². The molecule has 0 unspecified atom stereocenters. The van der Waals surface area contributed by atoms with Crippen molar-refractivity contribution in [2.24, 2.45) is 11.7 Å². The molecule has 0 aliphatic carbocycles. The standard InChI is InChI=1S/C18H24N4OS/c1-13(18-20-7-10-24-18)21-16-4-2-3-14(11-16)12-22-8-5-15(6-9-22)17(19)23/h2-4,7,10-11,13,15,21H,5-6,8-9,12H2,1H3,(H2,19,23)/t13-/m0/s1. The zero-order chi connectivity index (χ0) is 16.9. The Labute approximate surface area is 146 Å². The first-order chi connectivity index (χ1) is 11.6. The van der Waals surface area contributed by atoms with Crippen LogP contribution in [0, 0.1) is 5.92 Å². The van der Waals surface area contributed by atoms with Crippen LogP contribution in [0.2, 0.25) is 0 Å². The molecule has 1 aliphatic rings. The van der Waals surface area contributed by atoms with Crippen LogP contribution in [0.4, 0.5) is 5.69 Å². The summed E-state index contributed by atoms with van der Waals surface area (Å²) in [4.78, 5) is 18.0. The fourth-order valence-corrected chi connectivity index (χ4v) is 3.80. The fourth-order valence-electron chi connectivity index (χ4n) is 3.15. The summed E-state index contributed by atoms with van der Waals surface area (Å²) in [7, 11) is 0. The molecule has 3 rings (SSSR count). The van der Waals surface area contributed by atoms with Crippen LogP contribution in [-0.2, 0) is 11.3 Å². The Morgan fingerprint density at radius 2 is 2.25 bits per heavy atom. The van der Waals surface area contributed by atoms with Crippen LogP contribution in [-0.4, -0.2) is 28.9 Å². The van der Waals surface area contributed by atoms with Crippen LogP contribution >= 0.6 is 11.3 Å². The van der Waals surface area contributed by atoms with Gasteiger partial charge in [0.1, 0.15) is 5.01 Å². The molecule has 0 spiro atoms. The number of piperidine rings is 1. The number of nitrogens with one attached hydrogen (secondary N) is 1. The summed E-state index contributed by atoms with van der Waals surface area (Å²) in [5.74, 6) is -0.106. The van der Waals surface area contributed by atoms with E-state index >= 15 is 0 Å². The molecule has 0 saturated carbocycles. The van der Waals surface area contributed by atoms with E-state index in [-0.39, 0.29) is 17.9 Å². The van der Waals surface area contributed by atoms with Gasteiger partial charge in [-0.1, -0.05) is 12.1 Å². The van der Waals surface area contributed by atoms with Crippen molar-refractivity contribution in [2.75, 3.05) is 18.4 Å². The number of aromatic nitrogens is 1. The van der Waals surface area contributed by atoms with Gasteiger partial charge in [0.25, 0.3) is 0 Å². The van der Waals surface area contributed by atoms with Gasteiger partial charge in [-0.15, -0.1) is 11.3 Å². The number of primary amides is 1. The minimum Gasteiger partial charge on any atom is -0.376 e. The molecule has 1 aromatic heterocycles. The highest BCUT2D eigenvalue weighted by Gasteiger charge is 2.23. The van der Waals surface area contributed by atoms with Crippen molar-refractivity contribution in [3.05, 3.63) is 46.4 Å². The summed E-state index contributed by atoms with van der Waals surface area (Å²) in [6.45, 7) is 4.90. The van der Waals surface area contributed by atoms with Crippen molar-refractivity contribution >= 4 is 22.9 Å². The van der Waals surface area contributed by atoms with Crippen molar-refractivity contribution in [3.8, 4) is 0 Å². The molecule has 6 heteroatoms. The molecular formula is C18H24N4OS. The zero-order valence-corrected chi connectivity index (χ0v) is 14.8. The van der Waals surface area contributed by atoms with Crippen LogP contribution in [0.5, 0.6) is 0 Å². The Kier molecular flexibility index (Phi) is 5.48. The second kappa shape index (κ2) is 7.77. The smallest absolute Gasteiger partial charge is 0.220 e. The van der Waals surface area contributed by atoms with Crippen molar-refractivity contribution in [1.29, 1.82) is 0 Å². The number of nitrogens with two attached hydrogens (primary N) is 1. The molecule has 1 amide bonds. The van der Waals surface area contributed by atoms with Gasteiger partial charge in [0.15, 0.2) is 0 Å². The topological polar surface area (TPSA) is 71.2 Å². The van der Waals surface area contributed by atoms with E-state index in [1.807, 2.05) is 11.6 Å². The Balaban J connectivity index is 1.57. The summed E-state index contributed by atoms with van der Waals surface area (Å²) in [6.07, 6.45) is 3.58. The highest BCUT2D eigenvalue weighted by molar-refractivity contribution is 7.09. The SMILES string of the molecule is C[C@H](Nc1cccc(CN2CCC(C(N)=O)CC2)c1)c1nccs1. The van der Waals surface area contributed by atoms with Crippen molar-refractivity contribution in [2.45, 2.75) is 32.4 Å². The number of rotatable bonds is 6. The number of thiazole rings is 1. The van der Waals surface area contributed by atoms with E-state index < -0.39 is 0 Å². The summed E-state index contributed by atoms with van der Waals surface area (Å²) in [6, 6.07) is 8.73. The Hall–Kier alpha value is -1.92. The van der Waals surface area contributed by atoms with Gasteiger partial charge in [0.2, 0.25) is 5.91 Å². The van der Waals surface area contributed by atoms with Gasteiger partial charge < -0.3 is 11.1 Å². The third-order valence-corrected chi connectivity index (χ3v) is 5.49. The van der Waals surface area contributed by atoms with Crippen LogP contribution < -0.4 is 11.1 Å². The number of carbonyl (C=O) groups is 1. The lowest BCUT2D eigenvalue weighted by atomic mass is 9.96. The third kappa shape index (κ3) is 4.33. The number of benzene rings is 1. The molecule has 0 radical (unpaired) electrons. The molecule has 0 bridgehead atoms. The molecule has 1 saturated heterocycles. The average molecular weight is 344 g/mol. The molecule has 1 fully saturated rings. The maximum Gasteiger partial charge on any atom is 0.220 e. The van der Waals surface area contributed by atoms with Crippen LogP contribution in [0.25, 0.3) is 0 Å². The second-order valence-corrected chi connectivity index (χ2v) is 7.32. The normalized spacial score (nSPS) is 17.5. The van der Waals surface area contributed by atoms with Gasteiger partial charge in [0, 0.05) is 29.7 Å². The van der Waals surface area contributed by atoms with E-state index in [4.69, 9.17) is 5.73 Å². The summed E-state index contributed by atoms with van der Waals surface area (Å²) < 4.78 is 0. The first kappa shape index (κ1) is 16.9. The molecule has 128 valence electrons. The van der Waals surface area contributed by atoms with Gasteiger partial charge in [-0.05, 0) is 50.6 Å². The average Bonchev–Trinajstić information content (AvgIpc) is 3.10. The van der Waals surface area contributed by atoms with E-state index in [0.717, 1.165) is 43.2 Å². The lowest BCUT2D eigenvalue weighted by molar-refractivity contribution is -0.123. The highest BCUT2D eigenvalue weighted by atomic mass is 32.1. The first-order valence-corrected chi connectivity index (χ1v) is 9.26. The third-order valence-electron chi connectivity index (χ3n) is 4.53. The second-order valence-electron chi connectivity index (χ2n) is 6.39. The minimum atomic E-state index is -0.156. The van der Waals surface area contributed by atoms with E-state index in [1.165, 1.54) is 5.56 Å². The lowest BCUT2D eigenvalue weighted by Gasteiger charge is -2.30. The summed E-state index contributed by atoms with van der Waals surface area (Å²) in [5.41, 5.74) is 7.80. The number of hydrogen-bond donors (Lipinski definition) is 2. The van der Waals surface area contributed by atoms with E-state index in [9.17, 15) is 4.79 Å². The fraction of sp³-hybridized carbons (Fsp3) is 0.444. The molecule has 1 atom stereocenters. The first-order valence-electron chi connectivity index (χ1n) is 8.38. The lowest BCUT2D eigenvalue weighted by Crippen LogP contribution is -2.38. The van der Waals surface area contributed by atoms with Gasteiger partial charge in [-0.3, -0.25) is 9.69 Å². The molecule has 1 aromatic carbocycles. The van der Waals surface area contributed by atoms with Crippen molar-refractivity contribution in [3.63, 3.8) is 0 Å². The maximum absolute atomic E-state index is 11.3. The number of amides is 1. The molecule has 24 heavy (non-hydrogen) atoms. The molecule has 1 aliphatic heterocycles. The predicted molar refractivity (Wildman–Crippen MR) is 97.8 cm³/mol. The zero-order valence-electron chi connectivity index (χ0n) is 13.9. The number of nitrogens with zero attached hydrogens (tertiary/aromatic N) is 2. The molecule has 5 nitrogen and oxygen atoms in total. The van der Waals surface area contributed by atoms with Crippen LogP contribution in [0.1, 0.15) is 36.4 Å². The van der Waals surface area contributed by atoms with Gasteiger partial charge in [0.05, 0.1) is 6.04 Å². The van der Waals surface area contributed by atoms with Gasteiger partial charge in [-0.25, -0.2) is 4.98 Å². The molecule has 3 N–H and O–H groups in total. The van der Waals surface area contributed by atoms with E-state index in [1.54, 1.807) is 11.3 Å². The van der Waals surface area contributed by atoms with Gasteiger partial charge in [-0.2, -0.15) is 0 Å². The molecular weight excluding hydrogens is 320 g/mol. The Bertz CT molecular complexity index is 665.